The Morgan fingerprint density at radius 2 is 1.95 bits per heavy atom. The Bertz CT molecular complexity index is 352. The molecule has 1 heterocycles. The fourth-order valence-corrected chi connectivity index (χ4v) is 3.48. The van der Waals surface area contributed by atoms with E-state index in [1.165, 1.54) is 0 Å². The van der Waals surface area contributed by atoms with Crippen LogP contribution in [0.3, 0.4) is 0 Å². The average Bonchev–Trinajstić information content (AvgIpc) is 2.51. The Morgan fingerprint density at radius 3 is 2.53 bits per heavy atom. The molecule has 19 heavy (non-hydrogen) atoms. The van der Waals surface area contributed by atoms with E-state index in [1.54, 1.807) is 13.8 Å². The minimum absolute atomic E-state index is 0.260. The summed E-state index contributed by atoms with van der Waals surface area (Å²) in [4.78, 5) is 2.31. The Balaban J connectivity index is 2.48. The fraction of sp³-hybridized carbons (Fsp3) is 1.00. The van der Waals surface area contributed by atoms with Crippen molar-refractivity contribution in [3.8, 4) is 0 Å². The van der Waals surface area contributed by atoms with Crippen molar-refractivity contribution in [3.05, 3.63) is 0 Å². The van der Waals surface area contributed by atoms with E-state index >= 15 is 0 Å². The van der Waals surface area contributed by atoms with E-state index < -0.39 is 9.84 Å². The van der Waals surface area contributed by atoms with Crippen LogP contribution in [0.15, 0.2) is 0 Å². The third-order valence-electron chi connectivity index (χ3n) is 3.73. The maximum atomic E-state index is 11.9. The summed E-state index contributed by atoms with van der Waals surface area (Å²) in [5, 5.41) is 3.31. The molecular weight excluding hydrogens is 260 g/mol. The van der Waals surface area contributed by atoms with Crippen molar-refractivity contribution in [2.45, 2.75) is 51.8 Å². The predicted molar refractivity (Wildman–Crippen MR) is 81.2 cm³/mol. The van der Waals surface area contributed by atoms with Crippen LogP contribution in [0, 0.1) is 5.92 Å². The largest absolute Gasteiger partial charge is 0.313 e. The summed E-state index contributed by atoms with van der Waals surface area (Å²) in [6.45, 7) is 11.7. The lowest BCUT2D eigenvalue weighted by atomic mass is 10.0. The summed E-state index contributed by atoms with van der Waals surface area (Å²) < 4.78 is 23.8. The first-order chi connectivity index (χ1) is 8.81. The van der Waals surface area contributed by atoms with Gasteiger partial charge in [0.25, 0.3) is 0 Å². The van der Waals surface area contributed by atoms with Gasteiger partial charge in [-0.3, -0.25) is 0 Å². The van der Waals surface area contributed by atoms with Crippen LogP contribution in [0.4, 0.5) is 0 Å². The van der Waals surface area contributed by atoms with Crippen LogP contribution in [0.5, 0.6) is 0 Å². The molecule has 0 bridgehead atoms. The van der Waals surface area contributed by atoms with Gasteiger partial charge in [0.05, 0.1) is 11.0 Å². The molecule has 1 aliphatic rings. The molecule has 1 unspecified atom stereocenters. The first-order valence-corrected chi connectivity index (χ1v) is 9.20. The molecule has 1 fully saturated rings. The summed E-state index contributed by atoms with van der Waals surface area (Å²) in [7, 11) is -2.91. The monoisotopic (exact) mass is 290 g/mol. The number of nitrogens with zero attached hydrogens (tertiary/aromatic N) is 1. The zero-order chi connectivity index (χ0) is 14.5. The highest BCUT2D eigenvalue weighted by Crippen LogP contribution is 2.10. The van der Waals surface area contributed by atoms with Crippen LogP contribution < -0.4 is 5.32 Å². The molecule has 0 spiro atoms. The summed E-state index contributed by atoms with van der Waals surface area (Å²) >= 11 is 0. The van der Waals surface area contributed by atoms with Crippen LogP contribution in [-0.4, -0.2) is 56.5 Å². The Labute approximate surface area is 118 Å². The predicted octanol–water partition coefficient (Wildman–Crippen LogP) is 1.52. The molecule has 0 aromatic carbocycles. The van der Waals surface area contributed by atoms with E-state index in [2.05, 4.69) is 24.1 Å². The summed E-state index contributed by atoms with van der Waals surface area (Å²) in [5.74, 6) is 0.968. The minimum atomic E-state index is -2.91. The molecule has 0 amide bonds. The molecule has 1 saturated heterocycles. The van der Waals surface area contributed by atoms with Crippen molar-refractivity contribution in [2.24, 2.45) is 5.92 Å². The van der Waals surface area contributed by atoms with Gasteiger partial charge in [-0.1, -0.05) is 13.8 Å². The zero-order valence-corrected chi connectivity index (χ0v) is 13.7. The second kappa shape index (κ2) is 7.60. The molecule has 0 aliphatic carbocycles. The highest BCUT2D eigenvalue weighted by atomic mass is 32.2. The second-order valence-corrected chi connectivity index (χ2v) is 9.03. The fourth-order valence-electron chi connectivity index (χ4n) is 2.50. The molecule has 0 saturated carbocycles. The summed E-state index contributed by atoms with van der Waals surface area (Å²) in [6, 6.07) is 0.504. The SMILES string of the molecule is CC(C)CC1CN(CCS(=O)(=O)C(C)C)CCCN1. The highest BCUT2D eigenvalue weighted by molar-refractivity contribution is 7.92. The molecule has 1 atom stereocenters. The lowest BCUT2D eigenvalue weighted by Gasteiger charge is -2.25. The van der Waals surface area contributed by atoms with Gasteiger partial charge in [-0.25, -0.2) is 8.42 Å². The van der Waals surface area contributed by atoms with E-state index in [1.807, 2.05) is 0 Å². The molecule has 114 valence electrons. The Kier molecular flexibility index (Phi) is 6.77. The minimum Gasteiger partial charge on any atom is -0.313 e. The van der Waals surface area contributed by atoms with Crippen LogP contribution >= 0.6 is 0 Å². The summed E-state index contributed by atoms with van der Waals surface area (Å²) in [6.07, 6.45) is 2.27. The number of hydrogen-bond donors (Lipinski definition) is 1. The third-order valence-corrected chi connectivity index (χ3v) is 5.92. The molecule has 0 aromatic rings. The standard InChI is InChI=1S/C14H30N2O2S/c1-12(2)10-14-11-16(7-5-6-15-14)8-9-19(17,18)13(3)4/h12-15H,5-11H2,1-4H3. The van der Waals surface area contributed by atoms with Crippen molar-refractivity contribution < 1.29 is 8.42 Å². The van der Waals surface area contributed by atoms with Gasteiger partial charge in [0.1, 0.15) is 0 Å². The van der Waals surface area contributed by atoms with Gasteiger partial charge in [0.15, 0.2) is 9.84 Å². The van der Waals surface area contributed by atoms with Gasteiger partial charge in [-0.2, -0.15) is 0 Å². The van der Waals surface area contributed by atoms with Gasteiger partial charge in [-0.05, 0) is 45.7 Å². The third kappa shape index (κ3) is 6.23. The van der Waals surface area contributed by atoms with Crippen LogP contribution in [0.2, 0.25) is 0 Å². The zero-order valence-electron chi connectivity index (χ0n) is 12.9. The smallest absolute Gasteiger partial charge is 0.153 e. The van der Waals surface area contributed by atoms with Crippen LogP contribution in [0.1, 0.15) is 40.5 Å². The van der Waals surface area contributed by atoms with Crippen LogP contribution in [-0.2, 0) is 9.84 Å². The van der Waals surface area contributed by atoms with Crippen molar-refractivity contribution in [2.75, 3.05) is 31.9 Å². The van der Waals surface area contributed by atoms with Gasteiger partial charge in [-0.15, -0.1) is 0 Å². The summed E-state index contributed by atoms with van der Waals surface area (Å²) in [5.41, 5.74) is 0. The Morgan fingerprint density at radius 1 is 1.26 bits per heavy atom. The number of rotatable bonds is 6. The van der Waals surface area contributed by atoms with Crippen LogP contribution in [0.25, 0.3) is 0 Å². The van der Waals surface area contributed by atoms with E-state index in [4.69, 9.17) is 0 Å². The molecule has 0 aromatic heterocycles. The lowest BCUT2D eigenvalue weighted by molar-refractivity contribution is 0.267. The maximum Gasteiger partial charge on any atom is 0.153 e. The van der Waals surface area contributed by atoms with Crippen molar-refractivity contribution in [3.63, 3.8) is 0 Å². The quantitative estimate of drug-likeness (QED) is 0.806. The van der Waals surface area contributed by atoms with E-state index in [-0.39, 0.29) is 5.25 Å². The van der Waals surface area contributed by atoms with E-state index in [0.717, 1.165) is 32.5 Å². The maximum absolute atomic E-state index is 11.9. The first kappa shape index (κ1) is 16.9. The Hall–Kier alpha value is -0.130. The number of hydrogen-bond acceptors (Lipinski definition) is 4. The molecule has 4 nitrogen and oxygen atoms in total. The number of sulfone groups is 1. The second-order valence-electron chi connectivity index (χ2n) is 6.35. The van der Waals surface area contributed by atoms with Crippen molar-refractivity contribution >= 4 is 9.84 Å². The van der Waals surface area contributed by atoms with E-state index in [9.17, 15) is 8.42 Å². The number of nitrogens with one attached hydrogen (secondary N) is 1. The average molecular weight is 290 g/mol. The van der Waals surface area contributed by atoms with Crippen molar-refractivity contribution in [1.29, 1.82) is 0 Å². The van der Waals surface area contributed by atoms with Crippen molar-refractivity contribution in [1.82, 2.24) is 10.2 Å². The molecule has 0 radical (unpaired) electrons. The van der Waals surface area contributed by atoms with Gasteiger partial charge >= 0.3 is 0 Å². The lowest BCUT2D eigenvalue weighted by Crippen LogP contribution is -2.40. The molecule has 1 rings (SSSR count). The molecule has 5 heteroatoms. The molecular formula is C14H30N2O2S. The van der Waals surface area contributed by atoms with Gasteiger partial charge < -0.3 is 10.2 Å². The topological polar surface area (TPSA) is 49.4 Å². The first-order valence-electron chi connectivity index (χ1n) is 7.48. The van der Waals surface area contributed by atoms with E-state index in [0.29, 0.717) is 24.3 Å². The molecule has 1 N–H and O–H groups in total. The molecule has 1 aliphatic heterocycles. The van der Waals surface area contributed by atoms with Gasteiger partial charge in [0, 0.05) is 19.1 Å². The van der Waals surface area contributed by atoms with Gasteiger partial charge in [0.2, 0.25) is 0 Å². The normalized spacial score (nSPS) is 22.9. The highest BCUT2D eigenvalue weighted by Gasteiger charge is 2.21.